The molecule has 0 aliphatic carbocycles. The summed E-state index contributed by atoms with van der Waals surface area (Å²) in [5.74, 6) is 4.05. The van der Waals surface area contributed by atoms with Crippen LogP contribution in [0.2, 0.25) is 0 Å². The molecule has 274 valence electrons. The number of amides is 1. The SMILES string of the molecule is COc1cc(C2NC(=O)c3cc(C)ccc3N2)ccc1OCCCCCOc1cc(C2CC(c3cc(OC)c(OC)c(OC)c3)=NO2)ccc1OC. The molecule has 2 N–H and O–H groups in total. The van der Waals surface area contributed by atoms with Crippen molar-refractivity contribution in [1.82, 2.24) is 5.32 Å². The van der Waals surface area contributed by atoms with Crippen LogP contribution in [0.5, 0.6) is 40.2 Å². The van der Waals surface area contributed by atoms with Crippen LogP contribution >= 0.6 is 0 Å². The van der Waals surface area contributed by atoms with Gasteiger partial charge >= 0.3 is 0 Å². The smallest absolute Gasteiger partial charge is 0.255 e. The molecule has 12 nitrogen and oxygen atoms in total. The fourth-order valence-corrected chi connectivity index (χ4v) is 6.25. The van der Waals surface area contributed by atoms with Crippen LogP contribution < -0.4 is 43.8 Å². The molecule has 1 amide bonds. The van der Waals surface area contributed by atoms with E-state index in [1.165, 1.54) is 0 Å². The summed E-state index contributed by atoms with van der Waals surface area (Å²) in [7, 11) is 7.97. The largest absolute Gasteiger partial charge is 0.493 e. The maximum absolute atomic E-state index is 12.7. The van der Waals surface area contributed by atoms with Crippen LogP contribution in [-0.4, -0.2) is 60.4 Å². The van der Waals surface area contributed by atoms with Gasteiger partial charge in [-0.05, 0) is 85.8 Å². The number of ether oxygens (including phenoxy) is 7. The Balaban J connectivity index is 0.976. The Labute approximate surface area is 303 Å². The summed E-state index contributed by atoms with van der Waals surface area (Å²) >= 11 is 0. The van der Waals surface area contributed by atoms with Gasteiger partial charge in [0.05, 0.1) is 60.0 Å². The maximum atomic E-state index is 12.7. The van der Waals surface area contributed by atoms with Crippen LogP contribution in [0, 0.1) is 6.92 Å². The zero-order valence-electron chi connectivity index (χ0n) is 30.4. The Bertz CT molecular complexity index is 1900. The van der Waals surface area contributed by atoms with Gasteiger partial charge in [0, 0.05) is 17.7 Å². The molecule has 0 spiro atoms. The molecular formula is C40H45N3O9. The highest BCUT2D eigenvalue weighted by molar-refractivity contribution is 6.03. The lowest BCUT2D eigenvalue weighted by Gasteiger charge is -2.28. The maximum Gasteiger partial charge on any atom is 0.255 e. The van der Waals surface area contributed by atoms with Crippen molar-refractivity contribution < 1.29 is 42.8 Å². The molecule has 0 aromatic heterocycles. The third kappa shape index (κ3) is 7.91. The lowest BCUT2D eigenvalue weighted by Crippen LogP contribution is -2.38. The van der Waals surface area contributed by atoms with E-state index in [1.54, 1.807) is 35.5 Å². The van der Waals surface area contributed by atoms with E-state index in [0.717, 1.165) is 52.9 Å². The summed E-state index contributed by atoms with van der Waals surface area (Å²) in [6, 6.07) is 21.0. The molecule has 4 aromatic carbocycles. The number of hydrogen-bond acceptors (Lipinski definition) is 11. The number of nitrogens with zero attached hydrogens (tertiary/aromatic N) is 1. The van der Waals surface area contributed by atoms with E-state index in [2.05, 4.69) is 15.8 Å². The average Bonchev–Trinajstić information content (AvgIpc) is 3.67. The van der Waals surface area contributed by atoms with Crippen LogP contribution in [-0.2, 0) is 4.84 Å². The first-order valence-corrected chi connectivity index (χ1v) is 17.2. The molecule has 12 heteroatoms. The number of hydrogen-bond donors (Lipinski definition) is 2. The number of benzene rings is 4. The predicted molar refractivity (Wildman–Crippen MR) is 197 cm³/mol. The average molecular weight is 712 g/mol. The summed E-state index contributed by atoms with van der Waals surface area (Å²) in [4.78, 5) is 18.6. The first-order chi connectivity index (χ1) is 25.3. The quantitative estimate of drug-likeness (QED) is 0.114. The molecule has 2 aliphatic rings. The van der Waals surface area contributed by atoms with Gasteiger partial charge in [-0.2, -0.15) is 0 Å². The van der Waals surface area contributed by atoms with Crippen LogP contribution in [0.4, 0.5) is 5.69 Å². The van der Waals surface area contributed by atoms with Crippen molar-refractivity contribution in [3.05, 3.63) is 94.5 Å². The van der Waals surface area contributed by atoms with Crippen molar-refractivity contribution in [3.63, 3.8) is 0 Å². The number of carbonyl (C=O) groups excluding carboxylic acids is 1. The van der Waals surface area contributed by atoms with E-state index in [9.17, 15) is 4.79 Å². The van der Waals surface area contributed by atoms with Crippen molar-refractivity contribution in [3.8, 4) is 40.2 Å². The first-order valence-electron chi connectivity index (χ1n) is 17.2. The highest BCUT2D eigenvalue weighted by Gasteiger charge is 2.28. The number of rotatable bonds is 16. The number of anilines is 1. The molecule has 6 rings (SSSR count). The molecule has 2 aliphatic heterocycles. The van der Waals surface area contributed by atoms with Crippen molar-refractivity contribution in [2.24, 2.45) is 5.16 Å². The second kappa shape index (κ2) is 16.5. The van der Waals surface area contributed by atoms with E-state index in [1.807, 2.05) is 73.7 Å². The van der Waals surface area contributed by atoms with Crippen molar-refractivity contribution in [2.45, 2.75) is 44.9 Å². The second-order valence-corrected chi connectivity index (χ2v) is 12.4. The normalized spacial score (nSPS) is 16.0. The topological polar surface area (TPSA) is 127 Å². The van der Waals surface area contributed by atoms with Crippen LogP contribution in [0.15, 0.2) is 71.9 Å². The van der Waals surface area contributed by atoms with Gasteiger partial charge in [0.15, 0.2) is 40.6 Å². The van der Waals surface area contributed by atoms with Gasteiger partial charge in [0.2, 0.25) is 5.75 Å². The van der Waals surface area contributed by atoms with Gasteiger partial charge in [0.25, 0.3) is 5.91 Å². The molecule has 0 saturated heterocycles. The molecule has 0 fully saturated rings. The van der Waals surface area contributed by atoms with Gasteiger partial charge in [-0.1, -0.05) is 28.9 Å². The van der Waals surface area contributed by atoms with Gasteiger partial charge in [-0.15, -0.1) is 0 Å². The molecule has 2 unspecified atom stereocenters. The molecule has 0 bridgehead atoms. The third-order valence-corrected chi connectivity index (χ3v) is 9.05. The fraction of sp³-hybridized carbons (Fsp3) is 0.350. The van der Waals surface area contributed by atoms with Crippen molar-refractivity contribution >= 4 is 17.3 Å². The molecule has 4 aromatic rings. The van der Waals surface area contributed by atoms with E-state index < -0.39 is 0 Å². The molecule has 52 heavy (non-hydrogen) atoms. The minimum Gasteiger partial charge on any atom is -0.493 e. The number of aryl methyl sites for hydroxylation is 1. The number of nitrogens with one attached hydrogen (secondary N) is 2. The summed E-state index contributed by atoms with van der Waals surface area (Å²) in [5.41, 5.74) is 5.87. The number of unbranched alkanes of at least 4 members (excludes halogenated alkanes) is 2. The van der Waals surface area contributed by atoms with Crippen LogP contribution in [0.3, 0.4) is 0 Å². The zero-order chi connectivity index (χ0) is 36.6. The lowest BCUT2D eigenvalue weighted by atomic mass is 9.99. The summed E-state index contributed by atoms with van der Waals surface area (Å²) < 4.78 is 39.9. The van der Waals surface area contributed by atoms with Gasteiger partial charge in [0.1, 0.15) is 6.17 Å². The third-order valence-electron chi connectivity index (χ3n) is 9.05. The Morgan fingerprint density at radius 3 is 2.02 bits per heavy atom. The van der Waals surface area contributed by atoms with Crippen molar-refractivity contribution in [2.75, 3.05) is 54.1 Å². The lowest BCUT2D eigenvalue weighted by molar-refractivity contribution is 0.0854. The van der Waals surface area contributed by atoms with E-state index in [-0.39, 0.29) is 18.2 Å². The zero-order valence-corrected chi connectivity index (χ0v) is 30.4. The first kappa shape index (κ1) is 36.0. The minimum atomic E-state index is -0.380. The van der Waals surface area contributed by atoms with E-state index in [4.69, 9.17) is 38.0 Å². The summed E-state index contributed by atoms with van der Waals surface area (Å²) in [6.07, 6.45) is 2.45. The highest BCUT2D eigenvalue weighted by Crippen LogP contribution is 2.41. The minimum absolute atomic E-state index is 0.114. The van der Waals surface area contributed by atoms with Gasteiger partial charge in [-0.25, -0.2) is 0 Å². The number of oxime groups is 1. The molecule has 2 heterocycles. The fourth-order valence-electron chi connectivity index (χ4n) is 6.25. The summed E-state index contributed by atoms with van der Waals surface area (Å²) in [6.45, 7) is 3.00. The van der Waals surface area contributed by atoms with E-state index >= 15 is 0 Å². The van der Waals surface area contributed by atoms with Crippen LogP contribution in [0.1, 0.15) is 70.6 Å². The predicted octanol–water partition coefficient (Wildman–Crippen LogP) is 7.39. The molecule has 0 radical (unpaired) electrons. The molecular weight excluding hydrogens is 666 g/mol. The van der Waals surface area contributed by atoms with Crippen molar-refractivity contribution in [1.29, 1.82) is 0 Å². The Morgan fingerprint density at radius 2 is 1.33 bits per heavy atom. The molecule has 0 saturated carbocycles. The number of fused-ring (bicyclic) bond motifs is 1. The Morgan fingerprint density at radius 1 is 0.673 bits per heavy atom. The number of methoxy groups -OCH3 is 5. The number of carbonyl (C=O) groups is 1. The Kier molecular flexibility index (Phi) is 11.4. The van der Waals surface area contributed by atoms with E-state index in [0.29, 0.717) is 65.4 Å². The molecule has 2 atom stereocenters. The standard InChI is InChI=1S/C40H45N3O9/c1-24-10-13-29-28(18-24)40(44)42-39(41-29)26-12-15-32(34(20-26)46-3)50-16-8-7-9-17-51-35-19-25(11-14-31(35)45-2)33-23-30(43-52-33)27-21-36(47-4)38(49-6)37(22-27)48-5/h10-15,18-22,33,39,41H,7-9,16-17,23H2,1-6H3,(H,42,44). The monoisotopic (exact) mass is 711 g/mol. The summed E-state index contributed by atoms with van der Waals surface area (Å²) in [5, 5.41) is 10.8. The highest BCUT2D eigenvalue weighted by atomic mass is 16.6. The second-order valence-electron chi connectivity index (χ2n) is 12.4. The van der Waals surface area contributed by atoms with Gasteiger partial charge in [-0.3, -0.25) is 4.79 Å². The Hall–Kier alpha value is -5.78. The van der Waals surface area contributed by atoms with Gasteiger partial charge < -0.3 is 48.6 Å². The van der Waals surface area contributed by atoms with Crippen LogP contribution in [0.25, 0.3) is 0 Å².